The van der Waals surface area contributed by atoms with Crippen molar-refractivity contribution >= 4 is 57.4 Å². The van der Waals surface area contributed by atoms with Crippen molar-refractivity contribution in [3.63, 3.8) is 0 Å². The number of aromatic nitrogens is 2. The number of benzene rings is 1. The number of halogens is 1. The Morgan fingerprint density at radius 2 is 1.76 bits per heavy atom. The Morgan fingerprint density at radius 1 is 1.06 bits per heavy atom. The van der Waals surface area contributed by atoms with Crippen molar-refractivity contribution in [1.82, 2.24) is 14.3 Å². The molecule has 10 heteroatoms. The molecule has 2 saturated heterocycles. The van der Waals surface area contributed by atoms with Crippen LogP contribution in [0.25, 0.3) is 11.7 Å². The van der Waals surface area contributed by atoms with Gasteiger partial charge in [-0.25, -0.2) is 9.37 Å². The summed E-state index contributed by atoms with van der Waals surface area (Å²) in [7, 11) is 1.62. The lowest BCUT2D eigenvalue weighted by molar-refractivity contribution is -0.121. The molecule has 1 amide bonds. The normalized spacial score (nSPS) is 18.0. The second-order valence-electron chi connectivity index (χ2n) is 8.21. The monoisotopic (exact) mass is 495 g/mol. The summed E-state index contributed by atoms with van der Waals surface area (Å²) in [5.74, 6) is 0.0313. The van der Waals surface area contributed by atoms with E-state index in [4.69, 9.17) is 17.2 Å². The molecule has 2 fully saturated rings. The van der Waals surface area contributed by atoms with Crippen LogP contribution in [0.5, 0.6) is 0 Å². The van der Waals surface area contributed by atoms with E-state index in [0.29, 0.717) is 58.1 Å². The lowest BCUT2D eigenvalue weighted by Gasteiger charge is -2.37. The van der Waals surface area contributed by atoms with Gasteiger partial charge in [-0.1, -0.05) is 42.2 Å². The number of thioether (sulfide) groups is 1. The number of para-hydroxylation sites is 1. The molecule has 0 spiro atoms. The van der Waals surface area contributed by atoms with Crippen molar-refractivity contribution in [3.8, 4) is 0 Å². The summed E-state index contributed by atoms with van der Waals surface area (Å²) >= 11 is 6.42. The van der Waals surface area contributed by atoms with Crippen LogP contribution in [0, 0.1) is 12.7 Å². The quantitative estimate of drug-likeness (QED) is 0.408. The van der Waals surface area contributed by atoms with Crippen LogP contribution in [0.2, 0.25) is 0 Å². The summed E-state index contributed by atoms with van der Waals surface area (Å²) in [6.45, 7) is 4.17. The van der Waals surface area contributed by atoms with Crippen LogP contribution in [0.4, 0.5) is 15.9 Å². The average molecular weight is 496 g/mol. The maximum absolute atomic E-state index is 14.3. The van der Waals surface area contributed by atoms with Crippen molar-refractivity contribution in [1.29, 1.82) is 0 Å². The molecule has 1 aromatic carbocycles. The van der Waals surface area contributed by atoms with Crippen LogP contribution in [0.15, 0.2) is 52.3 Å². The molecule has 3 aromatic rings. The van der Waals surface area contributed by atoms with Gasteiger partial charge in [-0.2, -0.15) is 0 Å². The predicted octanol–water partition coefficient (Wildman–Crippen LogP) is 3.30. The number of likely N-dealkylation sites (N-methyl/N-ethyl adjacent to an activating group) is 1. The van der Waals surface area contributed by atoms with Crippen LogP contribution in [0.1, 0.15) is 11.1 Å². The molecule has 0 saturated carbocycles. The third-order valence-electron chi connectivity index (χ3n) is 6.10. The molecule has 2 aromatic heterocycles. The average Bonchev–Trinajstić information content (AvgIpc) is 3.08. The number of carbonyl (C=O) groups excluding carboxylic acids is 1. The molecule has 0 aliphatic carbocycles. The first-order valence-electron chi connectivity index (χ1n) is 10.8. The Hall–Kier alpha value is -3.24. The molecule has 0 radical (unpaired) electrons. The van der Waals surface area contributed by atoms with Gasteiger partial charge in [0.2, 0.25) is 0 Å². The number of nitrogens with zero attached hydrogens (tertiary/aromatic N) is 5. The second-order valence-corrected chi connectivity index (χ2v) is 9.88. The van der Waals surface area contributed by atoms with E-state index < -0.39 is 0 Å². The molecule has 4 heterocycles. The fraction of sp³-hybridized carbons (Fsp3) is 0.250. The summed E-state index contributed by atoms with van der Waals surface area (Å²) in [4.78, 5) is 36.9. The summed E-state index contributed by atoms with van der Waals surface area (Å²) in [5.41, 5.74) is 2.10. The van der Waals surface area contributed by atoms with Gasteiger partial charge in [0.1, 0.15) is 21.6 Å². The van der Waals surface area contributed by atoms with Gasteiger partial charge in [0.15, 0.2) is 0 Å². The first-order valence-corrected chi connectivity index (χ1v) is 12.1. The Bertz CT molecular complexity index is 1410. The fourth-order valence-corrected chi connectivity index (χ4v) is 5.37. The van der Waals surface area contributed by atoms with Crippen LogP contribution in [-0.4, -0.2) is 57.7 Å². The van der Waals surface area contributed by atoms with E-state index in [1.165, 1.54) is 27.1 Å². The Morgan fingerprint density at radius 3 is 2.44 bits per heavy atom. The zero-order valence-corrected chi connectivity index (χ0v) is 20.3. The minimum Gasteiger partial charge on any atom is -0.366 e. The van der Waals surface area contributed by atoms with Gasteiger partial charge >= 0.3 is 0 Å². The highest BCUT2D eigenvalue weighted by Gasteiger charge is 2.31. The number of rotatable bonds is 3. The molecule has 0 atom stereocenters. The highest BCUT2D eigenvalue weighted by Crippen LogP contribution is 2.33. The standard InChI is InChI=1S/C24H22FN5O2S2/c1-15-6-5-9-30-20(15)26-21(16(22(30)31)14-19-23(32)27(2)24(33)34-19)29-12-10-28(11-13-29)18-8-4-3-7-17(18)25/h3-9,14H,10-13H2,1-2H3/b19-14+. The molecule has 2 aliphatic rings. The molecule has 34 heavy (non-hydrogen) atoms. The number of fused-ring (bicyclic) bond motifs is 1. The number of thiocarbonyl (C=S) groups is 1. The van der Waals surface area contributed by atoms with Gasteiger partial charge < -0.3 is 9.80 Å². The zero-order valence-electron chi connectivity index (χ0n) is 18.7. The van der Waals surface area contributed by atoms with Gasteiger partial charge in [-0.05, 0) is 36.8 Å². The van der Waals surface area contributed by atoms with Crippen LogP contribution in [-0.2, 0) is 4.79 Å². The highest BCUT2D eigenvalue weighted by molar-refractivity contribution is 8.26. The second kappa shape index (κ2) is 8.84. The van der Waals surface area contributed by atoms with E-state index in [-0.39, 0.29) is 17.3 Å². The molecule has 7 nitrogen and oxygen atoms in total. The van der Waals surface area contributed by atoms with E-state index >= 15 is 0 Å². The van der Waals surface area contributed by atoms with Crippen LogP contribution in [0.3, 0.4) is 0 Å². The number of anilines is 2. The minimum atomic E-state index is -0.254. The molecule has 5 rings (SSSR count). The van der Waals surface area contributed by atoms with Gasteiger partial charge in [0, 0.05) is 39.4 Å². The van der Waals surface area contributed by atoms with Gasteiger partial charge in [0.25, 0.3) is 11.5 Å². The Balaban J connectivity index is 1.57. The molecular weight excluding hydrogens is 473 g/mol. The largest absolute Gasteiger partial charge is 0.366 e. The third kappa shape index (κ3) is 3.86. The summed E-state index contributed by atoms with van der Waals surface area (Å²) in [6, 6.07) is 10.4. The maximum atomic E-state index is 14.3. The lowest BCUT2D eigenvalue weighted by atomic mass is 10.2. The van der Waals surface area contributed by atoms with Crippen molar-refractivity contribution in [2.45, 2.75) is 6.92 Å². The summed E-state index contributed by atoms with van der Waals surface area (Å²) < 4.78 is 16.2. The molecule has 0 bridgehead atoms. The molecule has 0 N–H and O–H groups in total. The van der Waals surface area contributed by atoms with E-state index in [1.807, 2.05) is 28.9 Å². The van der Waals surface area contributed by atoms with Gasteiger partial charge in [0.05, 0.1) is 16.2 Å². The number of amides is 1. The zero-order chi connectivity index (χ0) is 24.0. The number of piperazine rings is 1. The predicted molar refractivity (Wildman–Crippen MR) is 138 cm³/mol. The number of hydrogen-bond donors (Lipinski definition) is 0. The van der Waals surface area contributed by atoms with E-state index in [1.54, 1.807) is 37.5 Å². The van der Waals surface area contributed by atoms with Crippen LogP contribution < -0.4 is 15.4 Å². The number of pyridine rings is 1. The number of hydrogen-bond acceptors (Lipinski definition) is 7. The van der Waals surface area contributed by atoms with Crippen LogP contribution >= 0.6 is 24.0 Å². The Labute approximate surface area is 205 Å². The number of carbonyl (C=O) groups is 1. The van der Waals surface area contributed by atoms with E-state index in [9.17, 15) is 14.0 Å². The smallest absolute Gasteiger partial charge is 0.267 e. The molecule has 2 aliphatic heterocycles. The van der Waals surface area contributed by atoms with Gasteiger partial charge in [-0.15, -0.1) is 0 Å². The molecular formula is C24H22FN5O2S2. The van der Waals surface area contributed by atoms with Crippen molar-refractivity contribution < 1.29 is 9.18 Å². The lowest BCUT2D eigenvalue weighted by Crippen LogP contribution is -2.47. The first-order chi connectivity index (χ1) is 16.3. The highest BCUT2D eigenvalue weighted by atomic mass is 32.2. The van der Waals surface area contributed by atoms with Gasteiger partial charge in [-0.3, -0.25) is 18.9 Å². The third-order valence-corrected chi connectivity index (χ3v) is 7.58. The fourth-order valence-electron chi connectivity index (χ4n) is 4.21. The van der Waals surface area contributed by atoms with Crippen molar-refractivity contribution in [3.05, 3.63) is 74.8 Å². The van der Waals surface area contributed by atoms with Crippen molar-refractivity contribution in [2.24, 2.45) is 0 Å². The first kappa shape index (κ1) is 22.5. The summed E-state index contributed by atoms with van der Waals surface area (Å²) in [6.07, 6.45) is 3.28. The summed E-state index contributed by atoms with van der Waals surface area (Å²) in [5, 5.41) is 0. The van der Waals surface area contributed by atoms with Crippen molar-refractivity contribution in [2.75, 3.05) is 43.0 Å². The maximum Gasteiger partial charge on any atom is 0.267 e. The Kier molecular flexibility index (Phi) is 5.86. The minimum absolute atomic E-state index is 0.237. The molecule has 174 valence electrons. The number of aryl methyl sites for hydroxylation is 1. The SMILES string of the molecule is Cc1cccn2c(=O)c(/C=C3/SC(=S)N(C)C3=O)c(N3CCN(c4ccccc4F)CC3)nc12. The molecule has 0 unspecified atom stereocenters. The topological polar surface area (TPSA) is 61.2 Å². The van der Waals surface area contributed by atoms with E-state index in [2.05, 4.69) is 0 Å². The van der Waals surface area contributed by atoms with E-state index in [0.717, 1.165) is 5.56 Å².